The van der Waals surface area contributed by atoms with Crippen LogP contribution in [0.1, 0.15) is 29.8 Å². The van der Waals surface area contributed by atoms with Crippen LogP contribution in [0.25, 0.3) is 10.9 Å². The SMILES string of the molecule is C.Cc1ccc2c(c1)c1c(n2CC(O)(CO)c2cccnc2)CCN(C)C1. The number of nitrogens with zero attached hydrogens (tertiary/aromatic N) is 3. The molecule has 0 fully saturated rings. The second-order valence-electron chi connectivity index (χ2n) is 7.45. The number of aromatic nitrogens is 2. The van der Waals surface area contributed by atoms with Crippen molar-refractivity contribution in [2.24, 2.45) is 0 Å². The molecule has 0 radical (unpaired) electrons. The van der Waals surface area contributed by atoms with Crippen LogP contribution in [0, 0.1) is 6.92 Å². The average molecular weight is 367 g/mol. The van der Waals surface area contributed by atoms with E-state index in [1.165, 1.54) is 22.2 Å². The summed E-state index contributed by atoms with van der Waals surface area (Å²) in [5, 5.41) is 22.5. The highest BCUT2D eigenvalue weighted by atomic mass is 16.3. The maximum atomic E-state index is 11.2. The largest absolute Gasteiger partial charge is 0.393 e. The van der Waals surface area contributed by atoms with Gasteiger partial charge in [-0.25, -0.2) is 0 Å². The monoisotopic (exact) mass is 367 g/mol. The summed E-state index contributed by atoms with van der Waals surface area (Å²) in [4.78, 5) is 6.44. The summed E-state index contributed by atoms with van der Waals surface area (Å²) < 4.78 is 2.19. The predicted octanol–water partition coefficient (Wildman–Crippen LogP) is 2.85. The molecule has 1 unspecified atom stereocenters. The number of likely N-dealkylation sites (N-methyl/N-ethyl adjacent to an activating group) is 1. The Morgan fingerprint density at radius 3 is 2.78 bits per heavy atom. The Hall–Kier alpha value is -2.21. The molecule has 3 aromatic rings. The topological polar surface area (TPSA) is 61.5 Å². The Morgan fingerprint density at radius 2 is 2.07 bits per heavy atom. The fraction of sp³-hybridized carbons (Fsp3) is 0.409. The maximum Gasteiger partial charge on any atom is 0.132 e. The molecule has 5 nitrogen and oxygen atoms in total. The Labute approximate surface area is 160 Å². The second kappa shape index (κ2) is 7.43. The van der Waals surface area contributed by atoms with Gasteiger partial charge < -0.3 is 19.7 Å². The zero-order valence-electron chi connectivity index (χ0n) is 15.3. The number of aliphatic hydroxyl groups excluding tert-OH is 1. The summed E-state index contributed by atoms with van der Waals surface area (Å²) in [5.41, 5.74) is 4.23. The molecule has 0 saturated heterocycles. The van der Waals surface area contributed by atoms with E-state index in [1.807, 2.05) is 6.07 Å². The van der Waals surface area contributed by atoms with Crippen molar-refractivity contribution in [2.75, 3.05) is 20.2 Å². The number of rotatable bonds is 4. The van der Waals surface area contributed by atoms with E-state index >= 15 is 0 Å². The van der Waals surface area contributed by atoms with Crippen molar-refractivity contribution in [2.45, 2.75) is 39.5 Å². The van der Waals surface area contributed by atoms with Crippen LogP contribution in [-0.2, 0) is 25.1 Å². The molecule has 1 aliphatic heterocycles. The number of hydrogen-bond donors (Lipinski definition) is 2. The van der Waals surface area contributed by atoms with E-state index in [0.717, 1.165) is 25.0 Å². The van der Waals surface area contributed by atoms with Gasteiger partial charge in [-0.2, -0.15) is 0 Å². The minimum Gasteiger partial charge on any atom is -0.393 e. The van der Waals surface area contributed by atoms with Crippen molar-refractivity contribution in [1.29, 1.82) is 0 Å². The van der Waals surface area contributed by atoms with Crippen LogP contribution in [0.15, 0.2) is 42.7 Å². The van der Waals surface area contributed by atoms with Crippen LogP contribution in [0.2, 0.25) is 0 Å². The van der Waals surface area contributed by atoms with Gasteiger partial charge in [0.25, 0.3) is 0 Å². The van der Waals surface area contributed by atoms with Crippen molar-refractivity contribution in [3.8, 4) is 0 Å². The van der Waals surface area contributed by atoms with Gasteiger partial charge in [0.1, 0.15) is 5.60 Å². The lowest BCUT2D eigenvalue weighted by Gasteiger charge is -2.30. The summed E-state index contributed by atoms with van der Waals surface area (Å²) in [6.07, 6.45) is 4.24. The highest BCUT2D eigenvalue weighted by Gasteiger charge is 2.32. The van der Waals surface area contributed by atoms with Crippen molar-refractivity contribution < 1.29 is 10.2 Å². The van der Waals surface area contributed by atoms with Gasteiger partial charge in [-0.1, -0.05) is 25.1 Å². The molecule has 0 amide bonds. The van der Waals surface area contributed by atoms with Crippen molar-refractivity contribution in [1.82, 2.24) is 14.5 Å². The van der Waals surface area contributed by atoms with Crippen LogP contribution in [0.3, 0.4) is 0 Å². The van der Waals surface area contributed by atoms with Gasteiger partial charge in [-0.05, 0) is 37.7 Å². The molecular weight excluding hydrogens is 338 g/mol. The van der Waals surface area contributed by atoms with E-state index in [1.54, 1.807) is 18.5 Å². The fourth-order valence-corrected chi connectivity index (χ4v) is 4.01. The maximum absolute atomic E-state index is 11.2. The third-order valence-electron chi connectivity index (χ3n) is 5.48. The molecular formula is C22H29N3O2. The van der Waals surface area contributed by atoms with Crippen LogP contribution >= 0.6 is 0 Å². The molecule has 144 valence electrons. The lowest BCUT2D eigenvalue weighted by atomic mass is 9.96. The minimum absolute atomic E-state index is 0. The molecule has 3 heterocycles. The van der Waals surface area contributed by atoms with Gasteiger partial charge in [0.15, 0.2) is 0 Å². The first-order valence-electron chi connectivity index (χ1n) is 9.05. The summed E-state index contributed by atoms with van der Waals surface area (Å²) >= 11 is 0. The van der Waals surface area contributed by atoms with Crippen molar-refractivity contribution in [3.05, 3.63) is 65.1 Å². The van der Waals surface area contributed by atoms with Gasteiger partial charge in [0, 0.05) is 54.1 Å². The highest BCUT2D eigenvalue weighted by Crippen LogP contribution is 2.34. The quantitative estimate of drug-likeness (QED) is 0.744. The van der Waals surface area contributed by atoms with Gasteiger partial charge in [-0.15, -0.1) is 0 Å². The molecule has 2 aromatic heterocycles. The van der Waals surface area contributed by atoms with Gasteiger partial charge >= 0.3 is 0 Å². The Bertz CT molecular complexity index is 936. The molecule has 0 spiro atoms. The molecule has 27 heavy (non-hydrogen) atoms. The molecule has 2 N–H and O–H groups in total. The zero-order chi connectivity index (χ0) is 18.3. The summed E-state index contributed by atoms with van der Waals surface area (Å²) in [6.45, 7) is 3.97. The molecule has 0 saturated carbocycles. The fourth-order valence-electron chi connectivity index (χ4n) is 4.01. The zero-order valence-corrected chi connectivity index (χ0v) is 15.3. The summed E-state index contributed by atoms with van der Waals surface area (Å²) in [5.74, 6) is 0. The van der Waals surface area contributed by atoms with Crippen molar-refractivity contribution in [3.63, 3.8) is 0 Å². The normalized spacial score (nSPS) is 16.6. The lowest BCUT2D eigenvalue weighted by Crippen LogP contribution is -2.37. The van der Waals surface area contributed by atoms with Gasteiger partial charge in [-0.3, -0.25) is 4.98 Å². The van der Waals surface area contributed by atoms with E-state index in [4.69, 9.17) is 0 Å². The molecule has 0 aliphatic carbocycles. The third kappa shape index (κ3) is 3.38. The number of pyridine rings is 1. The standard InChI is InChI=1S/C21H25N3O2.CH4/c1-15-5-6-19-17(10-15)18-12-23(2)9-7-20(18)24(19)13-21(26,14-25)16-4-3-8-22-11-16;/h3-6,8,10-11,25-26H,7,9,12-14H2,1-2H3;1H4. The van der Waals surface area contributed by atoms with Gasteiger partial charge in [0.2, 0.25) is 0 Å². The number of fused-ring (bicyclic) bond motifs is 3. The molecule has 4 rings (SSSR count). The molecule has 0 bridgehead atoms. The van der Waals surface area contributed by atoms with Crippen LogP contribution in [0.4, 0.5) is 0 Å². The van der Waals surface area contributed by atoms with E-state index in [0.29, 0.717) is 12.1 Å². The Kier molecular flexibility index (Phi) is 5.38. The first-order valence-corrected chi connectivity index (χ1v) is 9.05. The number of aryl methyl sites for hydroxylation is 1. The number of hydrogen-bond acceptors (Lipinski definition) is 4. The first-order chi connectivity index (χ1) is 12.5. The first kappa shape index (κ1) is 19.5. The third-order valence-corrected chi connectivity index (χ3v) is 5.48. The number of aliphatic hydroxyl groups is 2. The minimum atomic E-state index is -1.36. The highest BCUT2D eigenvalue weighted by molar-refractivity contribution is 5.86. The van der Waals surface area contributed by atoms with Crippen LogP contribution in [-0.4, -0.2) is 44.9 Å². The predicted molar refractivity (Wildman–Crippen MR) is 109 cm³/mol. The van der Waals surface area contributed by atoms with E-state index in [2.05, 4.69) is 46.6 Å². The van der Waals surface area contributed by atoms with Crippen LogP contribution in [0.5, 0.6) is 0 Å². The van der Waals surface area contributed by atoms with E-state index in [9.17, 15) is 10.2 Å². The summed E-state index contributed by atoms with van der Waals surface area (Å²) in [6, 6.07) is 10.1. The van der Waals surface area contributed by atoms with Crippen molar-refractivity contribution >= 4 is 10.9 Å². The lowest BCUT2D eigenvalue weighted by molar-refractivity contribution is -0.0331. The average Bonchev–Trinajstić information content (AvgIpc) is 2.94. The molecule has 5 heteroatoms. The van der Waals surface area contributed by atoms with E-state index in [-0.39, 0.29) is 14.0 Å². The Morgan fingerprint density at radius 1 is 1.26 bits per heavy atom. The molecule has 1 aliphatic rings. The molecule has 1 aromatic carbocycles. The second-order valence-corrected chi connectivity index (χ2v) is 7.45. The summed E-state index contributed by atoms with van der Waals surface area (Å²) in [7, 11) is 2.14. The van der Waals surface area contributed by atoms with Crippen LogP contribution < -0.4 is 0 Å². The number of benzene rings is 1. The molecule has 1 atom stereocenters. The van der Waals surface area contributed by atoms with E-state index < -0.39 is 5.60 Å². The van der Waals surface area contributed by atoms with Gasteiger partial charge in [0.05, 0.1) is 13.2 Å². The Balaban J connectivity index is 0.00000210. The smallest absolute Gasteiger partial charge is 0.132 e.